The molecule has 1 heterocycles. The molecule has 1 amide bonds. The van der Waals surface area contributed by atoms with Gasteiger partial charge in [0.25, 0.3) is 5.91 Å². The lowest BCUT2D eigenvalue weighted by Crippen LogP contribution is -2.21. The maximum atomic E-state index is 12.4. The number of hydrogen-bond donors (Lipinski definition) is 1. The summed E-state index contributed by atoms with van der Waals surface area (Å²) in [6, 6.07) is 13.4. The van der Waals surface area contributed by atoms with Crippen molar-refractivity contribution in [1.82, 2.24) is 4.98 Å². The second-order valence-corrected chi connectivity index (χ2v) is 7.50. The molecule has 28 heavy (non-hydrogen) atoms. The van der Waals surface area contributed by atoms with Crippen LogP contribution in [0.15, 0.2) is 53.4 Å². The molecule has 6 heteroatoms. The molecule has 0 fully saturated rings. The number of benzene rings is 2. The van der Waals surface area contributed by atoms with Crippen LogP contribution >= 0.6 is 11.3 Å². The van der Waals surface area contributed by atoms with E-state index < -0.39 is 0 Å². The van der Waals surface area contributed by atoms with Crippen LogP contribution in [-0.2, 0) is 11.4 Å². The molecular formula is C22H24N2O3S. The Morgan fingerprint density at radius 1 is 1.14 bits per heavy atom. The van der Waals surface area contributed by atoms with Crippen LogP contribution in [0, 0.1) is 6.92 Å². The minimum absolute atomic E-state index is 0.0667. The molecule has 0 unspecified atom stereocenters. The molecule has 3 aromatic rings. The van der Waals surface area contributed by atoms with Gasteiger partial charge in [-0.2, -0.15) is 0 Å². The third-order valence-corrected chi connectivity index (χ3v) is 4.89. The smallest absolute Gasteiger partial charge is 0.262 e. The Kier molecular flexibility index (Phi) is 6.66. The zero-order chi connectivity index (χ0) is 19.9. The molecule has 0 saturated carbocycles. The minimum atomic E-state index is -0.237. The summed E-state index contributed by atoms with van der Waals surface area (Å²) < 4.78 is 11.6. The van der Waals surface area contributed by atoms with Crippen molar-refractivity contribution in [2.75, 3.05) is 11.9 Å². The average molecular weight is 397 g/mol. The van der Waals surface area contributed by atoms with E-state index in [-0.39, 0.29) is 12.5 Å². The molecule has 2 aromatic carbocycles. The van der Waals surface area contributed by atoms with Gasteiger partial charge in [-0.1, -0.05) is 38.1 Å². The van der Waals surface area contributed by atoms with Crippen LogP contribution in [0.4, 0.5) is 5.69 Å². The van der Waals surface area contributed by atoms with Gasteiger partial charge in [0.05, 0.1) is 16.9 Å². The SMILES string of the molecule is Cc1ccc(C(C)C)cc1OCC(=O)Nc1ccccc1OCc1cscn1. The number of carbonyl (C=O) groups is 1. The lowest BCUT2D eigenvalue weighted by molar-refractivity contribution is -0.118. The molecule has 0 saturated heterocycles. The van der Waals surface area contributed by atoms with Crippen LogP contribution in [0.2, 0.25) is 0 Å². The van der Waals surface area contributed by atoms with Gasteiger partial charge >= 0.3 is 0 Å². The Balaban J connectivity index is 1.60. The predicted molar refractivity (Wildman–Crippen MR) is 112 cm³/mol. The summed E-state index contributed by atoms with van der Waals surface area (Å²) in [7, 11) is 0. The number of aryl methyl sites for hydroxylation is 1. The van der Waals surface area contributed by atoms with Gasteiger partial charge in [-0.25, -0.2) is 4.98 Å². The van der Waals surface area contributed by atoms with Gasteiger partial charge in [0, 0.05) is 5.38 Å². The van der Waals surface area contributed by atoms with Crippen molar-refractivity contribution in [3.63, 3.8) is 0 Å². The zero-order valence-corrected chi connectivity index (χ0v) is 17.1. The standard InChI is InChI=1S/C22H24N2O3S/c1-15(2)17-9-8-16(3)21(10-17)27-12-22(25)24-19-6-4-5-7-20(19)26-11-18-13-28-14-23-18/h4-10,13-15H,11-12H2,1-3H3,(H,24,25). The third kappa shape index (κ3) is 5.33. The minimum Gasteiger partial charge on any atom is -0.485 e. The van der Waals surface area contributed by atoms with E-state index in [1.165, 1.54) is 16.9 Å². The highest BCUT2D eigenvalue weighted by Gasteiger charge is 2.11. The highest BCUT2D eigenvalue weighted by molar-refractivity contribution is 7.07. The lowest BCUT2D eigenvalue weighted by atomic mass is 10.0. The fraction of sp³-hybridized carbons (Fsp3) is 0.273. The lowest BCUT2D eigenvalue weighted by Gasteiger charge is -2.14. The van der Waals surface area contributed by atoms with Crippen LogP contribution in [0.1, 0.15) is 36.6 Å². The first kappa shape index (κ1) is 19.9. The van der Waals surface area contributed by atoms with Gasteiger partial charge in [-0.3, -0.25) is 4.79 Å². The molecule has 0 spiro atoms. The van der Waals surface area contributed by atoms with E-state index in [2.05, 4.69) is 30.2 Å². The number of nitrogens with zero attached hydrogens (tertiary/aromatic N) is 1. The molecule has 0 aliphatic rings. The first-order chi connectivity index (χ1) is 13.5. The van der Waals surface area contributed by atoms with Gasteiger partial charge in [-0.05, 0) is 42.2 Å². The molecule has 0 radical (unpaired) electrons. The summed E-state index contributed by atoms with van der Waals surface area (Å²) in [5, 5.41) is 4.79. The molecule has 146 valence electrons. The molecule has 5 nitrogen and oxygen atoms in total. The number of hydrogen-bond acceptors (Lipinski definition) is 5. The van der Waals surface area contributed by atoms with Crippen molar-refractivity contribution in [3.8, 4) is 11.5 Å². The fourth-order valence-corrected chi connectivity index (χ4v) is 3.16. The fourth-order valence-electron chi connectivity index (χ4n) is 2.62. The molecule has 0 aliphatic carbocycles. The number of amides is 1. The zero-order valence-electron chi connectivity index (χ0n) is 16.3. The maximum Gasteiger partial charge on any atom is 0.262 e. The topological polar surface area (TPSA) is 60.5 Å². The predicted octanol–water partition coefficient (Wildman–Crippen LogP) is 5.17. The number of nitrogens with one attached hydrogen (secondary N) is 1. The van der Waals surface area contributed by atoms with Crippen molar-refractivity contribution in [1.29, 1.82) is 0 Å². The number of para-hydroxylation sites is 2. The van der Waals surface area contributed by atoms with E-state index >= 15 is 0 Å². The van der Waals surface area contributed by atoms with E-state index in [1.807, 2.05) is 42.6 Å². The van der Waals surface area contributed by atoms with E-state index in [0.717, 1.165) is 17.0 Å². The molecular weight excluding hydrogens is 372 g/mol. The third-order valence-electron chi connectivity index (χ3n) is 4.26. The van der Waals surface area contributed by atoms with Crippen molar-refractivity contribution >= 4 is 22.9 Å². The van der Waals surface area contributed by atoms with Crippen molar-refractivity contribution in [3.05, 3.63) is 70.2 Å². The van der Waals surface area contributed by atoms with Gasteiger partial charge in [0.15, 0.2) is 6.61 Å². The molecule has 1 N–H and O–H groups in total. The molecule has 0 bridgehead atoms. The number of ether oxygens (including phenoxy) is 2. The number of anilines is 1. The number of rotatable bonds is 8. The summed E-state index contributed by atoms with van der Waals surface area (Å²) >= 11 is 1.52. The quantitative estimate of drug-likeness (QED) is 0.570. The van der Waals surface area contributed by atoms with Gasteiger partial charge in [0.1, 0.15) is 18.1 Å². The van der Waals surface area contributed by atoms with E-state index in [0.29, 0.717) is 24.0 Å². The van der Waals surface area contributed by atoms with Crippen molar-refractivity contribution in [2.45, 2.75) is 33.3 Å². The van der Waals surface area contributed by atoms with Crippen LogP contribution in [0.3, 0.4) is 0 Å². The second-order valence-electron chi connectivity index (χ2n) is 6.78. The highest BCUT2D eigenvalue weighted by atomic mass is 32.1. The summed E-state index contributed by atoms with van der Waals surface area (Å²) in [5.74, 6) is 1.49. The van der Waals surface area contributed by atoms with Crippen LogP contribution < -0.4 is 14.8 Å². The maximum absolute atomic E-state index is 12.4. The number of carbonyl (C=O) groups excluding carboxylic acids is 1. The van der Waals surface area contributed by atoms with Crippen molar-refractivity contribution < 1.29 is 14.3 Å². The van der Waals surface area contributed by atoms with Crippen molar-refractivity contribution in [2.24, 2.45) is 0 Å². The first-order valence-corrected chi connectivity index (χ1v) is 10.1. The highest BCUT2D eigenvalue weighted by Crippen LogP contribution is 2.26. The van der Waals surface area contributed by atoms with Gasteiger partial charge < -0.3 is 14.8 Å². The number of aromatic nitrogens is 1. The van der Waals surface area contributed by atoms with Crippen LogP contribution in [0.5, 0.6) is 11.5 Å². The molecule has 3 rings (SSSR count). The Labute approximate surface area is 169 Å². The normalized spacial score (nSPS) is 10.7. The molecule has 0 atom stereocenters. The first-order valence-electron chi connectivity index (χ1n) is 9.15. The summed E-state index contributed by atoms with van der Waals surface area (Å²) in [6.07, 6.45) is 0. The van der Waals surface area contributed by atoms with E-state index in [1.54, 1.807) is 11.6 Å². The monoisotopic (exact) mass is 396 g/mol. The Morgan fingerprint density at radius 3 is 2.71 bits per heavy atom. The van der Waals surface area contributed by atoms with Gasteiger partial charge in [0.2, 0.25) is 0 Å². The van der Waals surface area contributed by atoms with Crippen LogP contribution in [-0.4, -0.2) is 17.5 Å². The molecule has 1 aromatic heterocycles. The molecule has 0 aliphatic heterocycles. The van der Waals surface area contributed by atoms with Gasteiger partial charge in [-0.15, -0.1) is 11.3 Å². The Bertz CT molecular complexity index is 923. The Hall–Kier alpha value is -2.86. The summed E-state index contributed by atoms with van der Waals surface area (Å²) in [6.45, 7) is 6.52. The summed E-state index contributed by atoms with van der Waals surface area (Å²) in [4.78, 5) is 16.6. The van der Waals surface area contributed by atoms with Crippen LogP contribution in [0.25, 0.3) is 0 Å². The summed E-state index contributed by atoms with van der Waals surface area (Å²) in [5.41, 5.74) is 5.42. The average Bonchev–Trinajstić information content (AvgIpc) is 3.20. The largest absolute Gasteiger partial charge is 0.485 e. The Morgan fingerprint density at radius 2 is 1.96 bits per heavy atom. The van der Waals surface area contributed by atoms with E-state index in [9.17, 15) is 4.79 Å². The van der Waals surface area contributed by atoms with E-state index in [4.69, 9.17) is 9.47 Å². The second kappa shape index (κ2) is 9.37. The number of thiazole rings is 1.